The van der Waals surface area contributed by atoms with Crippen LogP contribution >= 0.6 is 11.3 Å². The van der Waals surface area contributed by atoms with Crippen LogP contribution in [0.2, 0.25) is 0 Å². The van der Waals surface area contributed by atoms with Crippen LogP contribution < -0.4 is 9.62 Å². The van der Waals surface area contributed by atoms with Crippen LogP contribution in [0, 0.1) is 13.8 Å². The zero-order valence-corrected chi connectivity index (χ0v) is 20.4. The molecule has 0 bridgehead atoms. The molecule has 1 aliphatic rings. The van der Waals surface area contributed by atoms with E-state index in [9.17, 15) is 13.2 Å². The summed E-state index contributed by atoms with van der Waals surface area (Å²) < 4.78 is 27.8. The molecule has 0 spiro atoms. The molecule has 0 fully saturated rings. The number of carbonyl (C=O) groups is 1. The molecule has 34 heavy (non-hydrogen) atoms. The number of amides is 1. The van der Waals surface area contributed by atoms with Gasteiger partial charge >= 0.3 is 0 Å². The average Bonchev–Trinajstić information content (AvgIpc) is 3.48. The fourth-order valence-electron chi connectivity index (χ4n) is 4.00. The Kier molecular flexibility index (Phi) is 5.71. The highest BCUT2D eigenvalue weighted by atomic mass is 32.2. The number of fused-ring (bicyclic) bond motifs is 1. The normalized spacial score (nSPS) is 13.1. The summed E-state index contributed by atoms with van der Waals surface area (Å²) >= 11 is 1.35. The van der Waals surface area contributed by atoms with Gasteiger partial charge in [-0.2, -0.15) is 0 Å². The van der Waals surface area contributed by atoms with Crippen molar-refractivity contribution in [3.8, 4) is 11.3 Å². The molecule has 5 rings (SSSR count). The van der Waals surface area contributed by atoms with Crippen LogP contribution in [-0.4, -0.2) is 25.9 Å². The lowest BCUT2D eigenvalue weighted by Crippen LogP contribution is -2.29. The number of nitrogens with one attached hydrogen (secondary N) is 1. The third-order valence-electron chi connectivity index (χ3n) is 6.08. The largest absolute Gasteiger partial charge is 0.298 e. The smallest absolute Gasteiger partial charge is 0.264 e. The van der Waals surface area contributed by atoms with Gasteiger partial charge in [0, 0.05) is 23.1 Å². The molecular weight excluding hydrogens is 466 g/mol. The highest BCUT2D eigenvalue weighted by Crippen LogP contribution is 2.33. The van der Waals surface area contributed by atoms with E-state index < -0.39 is 10.0 Å². The van der Waals surface area contributed by atoms with E-state index in [1.54, 1.807) is 0 Å². The summed E-state index contributed by atoms with van der Waals surface area (Å²) in [6.45, 7) is 4.53. The van der Waals surface area contributed by atoms with E-state index in [0.717, 1.165) is 16.8 Å². The van der Waals surface area contributed by atoms with Crippen molar-refractivity contribution in [3.05, 3.63) is 94.4 Å². The van der Waals surface area contributed by atoms with E-state index in [0.29, 0.717) is 29.3 Å². The number of sulfonamides is 1. The number of para-hydroxylation sites is 1. The van der Waals surface area contributed by atoms with Crippen LogP contribution in [0.25, 0.3) is 11.3 Å². The molecule has 0 unspecified atom stereocenters. The Labute approximate surface area is 203 Å². The second kappa shape index (κ2) is 8.70. The summed E-state index contributed by atoms with van der Waals surface area (Å²) in [5, 5.41) is 5.20. The first-order chi connectivity index (χ1) is 16.3. The molecule has 172 valence electrons. The van der Waals surface area contributed by atoms with E-state index in [2.05, 4.69) is 36.3 Å². The Bertz CT molecular complexity index is 1490. The summed E-state index contributed by atoms with van der Waals surface area (Å²) in [7, 11) is -3.70. The lowest BCUT2D eigenvalue weighted by Gasteiger charge is -2.19. The molecule has 1 amide bonds. The van der Waals surface area contributed by atoms with E-state index in [1.165, 1.54) is 51.0 Å². The molecule has 2 heterocycles. The molecule has 1 aliphatic heterocycles. The van der Waals surface area contributed by atoms with Gasteiger partial charge in [-0.15, -0.1) is 11.3 Å². The van der Waals surface area contributed by atoms with Crippen LogP contribution in [0.5, 0.6) is 0 Å². The van der Waals surface area contributed by atoms with Crippen molar-refractivity contribution in [2.24, 2.45) is 0 Å². The van der Waals surface area contributed by atoms with Crippen molar-refractivity contribution in [1.29, 1.82) is 0 Å². The Balaban J connectivity index is 1.31. The topological polar surface area (TPSA) is 79.4 Å². The SMILES string of the molecule is Cc1ccc(-c2csc(NC(=O)c3ccc(S(=O)(=O)N4CCc5ccccc54)cc3)n2)cc1C. The van der Waals surface area contributed by atoms with Gasteiger partial charge in [0.25, 0.3) is 15.9 Å². The van der Waals surface area contributed by atoms with E-state index in [4.69, 9.17) is 0 Å². The van der Waals surface area contributed by atoms with E-state index in [1.807, 2.05) is 35.7 Å². The quantitative estimate of drug-likeness (QED) is 0.405. The standard InChI is InChI=1S/C26H23N3O3S2/c1-17-7-8-21(15-18(17)2)23-16-33-26(27-23)28-25(30)20-9-11-22(12-10-20)34(31,32)29-14-13-19-5-3-4-6-24(19)29/h3-12,15-16H,13-14H2,1-2H3,(H,27,28,30). The monoisotopic (exact) mass is 489 g/mol. The molecule has 3 aromatic carbocycles. The number of hydrogen-bond acceptors (Lipinski definition) is 5. The summed E-state index contributed by atoms with van der Waals surface area (Å²) in [6.07, 6.45) is 0.688. The van der Waals surface area contributed by atoms with Gasteiger partial charge in [0.1, 0.15) is 0 Å². The van der Waals surface area contributed by atoms with E-state index >= 15 is 0 Å². The van der Waals surface area contributed by atoms with Crippen LogP contribution in [0.15, 0.2) is 77.0 Å². The van der Waals surface area contributed by atoms with Crippen LogP contribution in [0.1, 0.15) is 27.0 Å². The van der Waals surface area contributed by atoms with Gasteiger partial charge in [0.05, 0.1) is 16.3 Å². The maximum Gasteiger partial charge on any atom is 0.264 e. The van der Waals surface area contributed by atoms with Crippen molar-refractivity contribution in [2.45, 2.75) is 25.2 Å². The Morgan fingerprint density at radius 1 is 1.00 bits per heavy atom. The van der Waals surface area contributed by atoms with Crippen molar-refractivity contribution >= 4 is 38.1 Å². The van der Waals surface area contributed by atoms with Gasteiger partial charge < -0.3 is 0 Å². The second-order valence-electron chi connectivity index (χ2n) is 8.27. The summed E-state index contributed by atoms with van der Waals surface area (Å²) in [4.78, 5) is 17.4. The third-order valence-corrected chi connectivity index (χ3v) is 8.66. The molecule has 0 saturated heterocycles. The molecule has 4 aromatic rings. The highest BCUT2D eigenvalue weighted by molar-refractivity contribution is 7.92. The van der Waals surface area contributed by atoms with Gasteiger partial charge in [-0.05, 0) is 73.4 Å². The fourth-order valence-corrected chi connectivity index (χ4v) is 6.21. The molecule has 6 nitrogen and oxygen atoms in total. The molecule has 0 atom stereocenters. The van der Waals surface area contributed by atoms with Gasteiger partial charge in [0.2, 0.25) is 0 Å². The number of rotatable bonds is 5. The molecule has 1 N–H and O–H groups in total. The molecule has 1 aromatic heterocycles. The van der Waals surface area contributed by atoms with E-state index in [-0.39, 0.29) is 10.8 Å². The fraction of sp³-hybridized carbons (Fsp3) is 0.154. The van der Waals surface area contributed by atoms with Gasteiger partial charge in [0.15, 0.2) is 5.13 Å². The van der Waals surface area contributed by atoms with Crippen LogP contribution in [0.4, 0.5) is 10.8 Å². The number of aromatic nitrogens is 1. The first-order valence-corrected chi connectivity index (χ1v) is 13.2. The van der Waals surface area contributed by atoms with Crippen molar-refractivity contribution < 1.29 is 13.2 Å². The number of anilines is 2. The maximum atomic E-state index is 13.2. The van der Waals surface area contributed by atoms with Gasteiger partial charge in [-0.1, -0.05) is 30.3 Å². The predicted molar refractivity (Wildman–Crippen MR) is 136 cm³/mol. The molecular formula is C26H23N3O3S2. The second-order valence-corrected chi connectivity index (χ2v) is 11.0. The highest BCUT2D eigenvalue weighted by Gasteiger charge is 2.30. The lowest BCUT2D eigenvalue weighted by molar-refractivity contribution is 0.102. The maximum absolute atomic E-state index is 13.2. The van der Waals surface area contributed by atoms with Gasteiger partial charge in [-0.3, -0.25) is 14.4 Å². The minimum atomic E-state index is -3.70. The molecule has 0 aliphatic carbocycles. The van der Waals surface area contributed by atoms with Crippen molar-refractivity contribution in [2.75, 3.05) is 16.2 Å². The summed E-state index contributed by atoms with van der Waals surface area (Å²) in [6, 6.07) is 19.7. The zero-order chi connectivity index (χ0) is 23.9. The number of aryl methyl sites for hydroxylation is 2. The van der Waals surface area contributed by atoms with Gasteiger partial charge in [-0.25, -0.2) is 13.4 Å². The minimum absolute atomic E-state index is 0.159. The predicted octanol–water partition coefficient (Wildman–Crippen LogP) is 5.43. The lowest BCUT2D eigenvalue weighted by atomic mass is 10.1. The minimum Gasteiger partial charge on any atom is -0.298 e. The first kappa shape index (κ1) is 22.3. The summed E-state index contributed by atoms with van der Waals surface area (Å²) in [5.74, 6) is -0.337. The molecule has 8 heteroatoms. The average molecular weight is 490 g/mol. The Hall–Kier alpha value is -3.49. The first-order valence-electron chi connectivity index (χ1n) is 10.9. The molecule has 0 radical (unpaired) electrons. The van der Waals surface area contributed by atoms with Crippen LogP contribution in [0.3, 0.4) is 0 Å². The van der Waals surface area contributed by atoms with Crippen molar-refractivity contribution in [3.63, 3.8) is 0 Å². The summed E-state index contributed by atoms with van der Waals surface area (Å²) in [5.41, 5.74) is 6.30. The van der Waals surface area contributed by atoms with Crippen molar-refractivity contribution in [1.82, 2.24) is 4.98 Å². The number of carbonyl (C=O) groups excluding carboxylic acids is 1. The van der Waals surface area contributed by atoms with Crippen LogP contribution in [-0.2, 0) is 16.4 Å². The Morgan fingerprint density at radius 3 is 2.53 bits per heavy atom. The number of hydrogen-bond donors (Lipinski definition) is 1. The zero-order valence-electron chi connectivity index (χ0n) is 18.8. The number of thiazole rings is 1. The third kappa shape index (κ3) is 4.10. The number of benzene rings is 3. The number of nitrogens with zero attached hydrogens (tertiary/aromatic N) is 2. The Morgan fingerprint density at radius 2 is 1.76 bits per heavy atom. The molecule has 0 saturated carbocycles.